The van der Waals surface area contributed by atoms with E-state index in [1.165, 1.54) is 5.56 Å². The minimum Gasteiger partial charge on any atom is -0.319 e. The van der Waals surface area contributed by atoms with Crippen LogP contribution in [0.3, 0.4) is 0 Å². The number of benzene rings is 1. The van der Waals surface area contributed by atoms with E-state index >= 15 is 0 Å². The van der Waals surface area contributed by atoms with Crippen molar-refractivity contribution in [1.29, 1.82) is 0 Å². The molecule has 0 bridgehead atoms. The summed E-state index contributed by atoms with van der Waals surface area (Å²) < 4.78 is 0. The molecule has 1 aromatic rings. The Bertz CT molecular complexity index is 482. The molecule has 2 aliphatic rings. The van der Waals surface area contributed by atoms with Crippen LogP contribution in [-0.4, -0.2) is 30.1 Å². The number of hydrogen-bond acceptors (Lipinski definition) is 4. The second-order valence-corrected chi connectivity index (χ2v) is 4.76. The predicted octanol–water partition coefficient (Wildman–Crippen LogP) is 2.13. The van der Waals surface area contributed by atoms with E-state index < -0.39 is 0 Å². The molecular weight excluding hydrogens is 228 g/mol. The van der Waals surface area contributed by atoms with Crippen LogP contribution in [0.1, 0.15) is 18.4 Å². The van der Waals surface area contributed by atoms with Crippen LogP contribution in [-0.2, 0) is 4.79 Å². The number of nitrogens with zero attached hydrogens (tertiary/aromatic N) is 4. The fourth-order valence-electron chi connectivity index (χ4n) is 2.45. The summed E-state index contributed by atoms with van der Waals surface area (Å²) >= 11 is 0. The van der Waals surface area contributed by atoms with Crippen molar-refractivity contribution in [2.45, 2.75) is 25.9 Å². The maximum absolute atomic E-state index is 11.8. The van der Waals surface area contributed by atoms with Gasteiger partial charge < -0.3 is 4.90 Å². The van der Waals surface area contributed by atoms with Crippen molar-refractivity contribution in [3.05, 3.63) is 29.8 Å². The standard InChI is InChI=1S/C13H16N4O/c1-10-4-6-11(7-5-10)17-12(9-14-15-17)16-8-2-3-13(16)18/h4-7,12H,2-3,8-9H2,1H3. The summed E-state index contributed by atoms with van der Waals surface area (Å²) in [5, 5.41) is 10.1. The second-order valence-electron chi connectivity index (χ2n) is 4.76. The summed E-state index contributed by atoms with van der Waals surface area (Å²) in [6, 6.07) is 8.14. The molecule has 1 fully saturated rings. The van der Waals surface area contributed by atoms with Crippen LogP contribution in [0.25, 0.3) is 0 Å². The third-order valence-corrected chi connectivity index (χ3v) is 3.46. The number of hydrogen-bond donors (Lipinski definition) is 0. The van der Waals surface area contributed by atoms with Gasteiger partial charge in [-0.05, 0) is 25.5 Å². The maximum atomic E-state index is 11.8. The van der Waals surface area contributed by atoms with Crippen LogP contribution < -0.4 is 5.01 Å². The Morgan fingerprint density at radius 1 is 1.28 bits per heavy atom. The lowest BCUT2D eigenvalue weighted by molar-refractivity contribution is -0.129. The van der Waals surface area contributed by atoms with Crippen LogP contribution in [0.15, 0.2) is 34.6 Å². The summed E-state index contributed by atoms with van der Waals surface area (Å²) in [6.45, 7) is 3.44. The molecule has 1 atom stereocenters. The Morgan fingerprint density at radius 2 is 2.06 bits per heavy atom. The van der Waals surface area contributed by atoms with Crippen LogP contribution in [0, 0.1) is 6.92 Å². The van der Waals surface area contributed by atoms with Crippen molar-refractivity contribution in [3.63, 3.8) is 0 Å². The van der Waals surface area contributed by atoms with E-state index in [0.717, 1.165) is 18.7 Å². The Hall–Kier alpha value is -1.91. The lowest BCUT2D eigenvalue weighted by Crippen LogP contribution is -2.46. The molecule has 1 aromatic carbocycles. The van der Waals surface area contributed by atoms with Crippen LogP contribution >= 0.6 is 0 Å². The van der Waals surface area contributed by atoms with Crippen molar-refractivity contribution in [2.75, 3.05) is 18.1 Å². The Morgan fingerprint density at radius 3 is 2.72 bits per heavy atom. The van der Waals surface area contributed by atoms with Gasteiger partial charge in [-0.25, -0.2) is 5.01 Å². The third kappa shape index (κ3) is 1.85. The average molecular weight is 244 g/mol. The topological polar surface area (TPSA) is 48.3 Å². The zero-order valence-corrected chi connectivity index (χ0v) is 10.4. The zero-order chi connectivity index (χ0) is 12.5. The second kappa shape index (κ2) is 4.40. The van der Waals surface area contributed by atoms with E-state index in [1.807, 2.05) is 34.2 Å². The van der Waals surface area contributed by atoms with E-state index in [1.54, 1.807) is 0 Å². The highest BCUT2D eigenvalue weighted by Gasteiger charge is 2.35. The molecule has 18 heavy (non-hydrogen) atoms. The van der Waals surface area contributed by atoms with E-state index in [-0.39, 0.29) is 12.1 Å². The fourth-order valence-corrected chi connectivity index (χ4v) is 2.45. The first kappa shape index (κ1) is 11.2. The molecule has 94 valence electrons. The lowest BCUT2D eigenvalue weighted by atomic mass is 10.2. The summed E-state index contributed by atoms with van der Waals surface area (Å²) in [6.07, 6.45) is 1.55. The molecule has 0 saturated carbocycles. The molecule has 3 rings (SSSR count). The van der Waals surface area contributed by atoms with Gasteiger partial charge in [-0.1, -0.05) is 22.9 Å². The quantitative estimate of drug-likeness (QED) is 0.800. The SMILES string of the molecule is Cc1ccc(N2N=NCC2N2CCCC2=O)cc1. The highest BCUT2D eigenvalue weighted by molar-refractivity contribution is 5.79. The van der Waals surface area contributed by atoms with Gasteiger partial charge in [-0.3, -0.25) is 4.79 Å². The highest BCUT2D eigenvalue weighted by Crippen LogP contribution is 2.26. The monoisotopic (exact) mass is 244 g/mol. The molecule has 5 heteroatoms. The fraction of sp³-hybridized carbons (Fsp3) is 0.462. The number of carbonyl (C=O) groups excluding carboxylic acids is 1. The molecule has 0 spiro atoms. The van der Waals surface area contributed by atoms with Gasteiger partial charge in [-0.2, -0.15) is 5.11 Å². The van der Waals surface area contributed by atoms with Crippen molar-refractivity contribution >= 4 is 11.6 Å². The smallest absolute Gasteiger partial charge is 0.224 e. The highest BCUT2D eigenvalue weighted by atomic mass is 16.2. The Kier molecular flexibility index (Phi) is 2.74. The number of amides is 1. The van der Waals surface area contributed by atoms with E-state index in [2.05, 4.69) is 17.3 Å². The molecule has 5 nitrogen and oxygen atoms in total. The molecule has 2 heterocycles. The average Bonchev–Trinajstić information content (AvgIpc) is 2.98. The van der Waals surface area contributed by atoms with Crippen LogP contribution in [0.4, 0.5) is 5.69 Å². The normalized spacial score (nSPS) is 23.2. The van der Waals surface area contributed by atoms with Crippen molar-refractivity contribution in [3.8, 4) is 0 Å². The van der Waals surface area contributed by atoms with Crippen molar-refractivity contribution in [2.24, 2.45) is 10.3 Å². The predicted molar refractivity (Wildman–Crippen MR) is 68.1 cm³/mol. The lowest BCUT2D eigenvalue weighted by Gasteiger charge is -2.29. The molecule has 1 unspecified atom stereocenters. The van der Waals surface area contributed by atoms with Gasteiger partial charge in [0, 0.05) is 13.0 Å². The van der Waals surface area contributed by atoms with Crippen LogP contribution in [0.5, 0.6) is 0 Å². The van der Waals surface area contributed by atoms with E-state index in [9.17, 15) is 4.79 Å². The minimum atomic E-state index is -0.0392. The van der Waals surface area contributed by atoms with Gasteiger partial charge in [0.15, 0.2) is 0 Å². The van der Waals surface area contributed by atoms with Gasteiger partial charge in [0.05, 0.1) is 5.69 Å². The third-order valence-electron chi connectivity index (χ3n) is 3.46. The number of likely N-dealkylation sites (tertiary alicyclic amines) is 1. The Labute approximate surface area is 106 Å². The molecule has 0 N–H and O–H groups in total. The maximum Gasteiger partial charge on any atom is 0.224 e. The van der Waals surface area contributed by atoms with Gasteiger partial charge in [0.25, 0.3) is 0 Å². The van der Waals surface area contributed by atoms with Gasteiger partial charge in [-0.15, -0.1) is 0 Å². The van der Waals surface area contributed by atoms with Gasteiger partial charge in [0.2, 0.25) is 5.91 Å². The summed E-state index contributed by atoms with van der Waals surface area (Å²) in [5.41, 5.74) is 2.20. The van der Waals surface area contributed by atoms with Gasteiger partial charge >= 0.3 is 0 Å². The Balaban J connectivity index is 1.84. The first-order chi connectivity index (χ1) is 8.75. The zero-order valence-electron chi connectivity index (χ0n) is 10.4. The first-order valence-electron chi connectivity index (χ1n) is 6.28. The van der Waals surface area contributed by atoms with Crippen molar-refractivity contribution < 1.29 is 4.79 Å². The summed E-state index contributed by atoms with van der Waals surface area (Å²) in [5.74, 6) is 0.212. The van der Waals surface area contributed by atoms with E-state index in [4.69, 9.17) is 0 Å². The number of carbonyl (C=O) groups is 1. The van der Waals surface area contributed by atoms with Crippen LogP contribution in [0.2, 0.25) is 0 Å². The minimum absolute atomic E-state index is 0.0392. The number of rotatable bonds is 2. The molecule has 0 aromatic heterocycles. The molecule has 1 saturated heterocycles. The van der Waals surface area contributed by atoms with E-state index in [0.29, 0.717) is 13.0 Å². The summed E-state index contributed by atoms with van der Waals surface area (Å²) in [7, 11) is 0. The molecule has 2 aliphatic heterocycles. The first-order valence-corrected chi connectivity index (χ1v) is 6.28. The van der Waals surface area contributed by atoms with Gasteiger partial charge in [0.1, 0.15) is 12.7 Å². The molecule has 0 radical (unpaired) electrons. The van der Waals surface area contributed by atoms with Crippen molar-refractivity contribution in [1.82, 2.24) is 4.90 Å². The molecule has 0 aliphatic carbocycles. The number of anilines is 1. The number of aryl methyl sites for hydroxylation is 1. The largest absolute Gasteiger partial charge is 0.319 e. The molecular formula is C13H16N4O. The molecule has 1 amide bonds. The summed E-state index contributed by atoms with van der Waals surface area (Å²) in [4.78, 5) is 13.7.